The first-order valence-electron chi connectivity index (χ1n) is 4.37. The summed E-state index contributed by atoms with van der Waals surface area (Å²) in [4.78, 5) is 0. The zero-order valence-electron chi connectivity index (χ0n) is 7.96. The number of nitrogens with zero attached hydrogens (tertiary/aromatic N) is 1. The monoisotopic (exact) mass is 249 g/mol. The molecule has 13 heavy (non-hydrogen) atoms. The molecule has 76 valence electrons. The van der Waals surface area contributed by atoms with E-state index in [0.29, 0.717) is 13.2 Å². The Hall–Kier alpha value is -0.110. The zero-order valence-corrected chi connectivity index (χ0v) is 9.55. The summed E-state index contributed by atoms with van der Waals surface area (Å²) in [5, 5.41) is 9.34. The van der Waals surface area contributed by atoms with E-state index in [1.54, 1.807) is 7.11 Å². The minimum absolute atomic E-state index is 0.0717. The summed E-state index contributed by atoms with van der Waals surface area (Å²) < 4.78 is 10.2. The second-order valence-electron chi connectivity index (χ2n) is 2.73. The number of nitriles is 1. The van der Waals surface area contributed by atoms with Gasteiger partial charge in [-0.1, -0.05) is 15.9 Å². The highest BCUT2D eigenvalue weighted by Gasteiger charge is 2.03. The van der Waals surface area contributed by atoms with Gasteiger partial charge in [0.15, 0.2) is 0 Å². The van der Waals surface area contributed by atoms with Gasteiger partial charge in [0.1, 0.15) is 0 Å². The first-order chi connectivity index (χ1) is 6.35. The maximum atomic E-state index is 8.61. The molecule has 0 saturated carbocycles. The topological polar surface area (TPSA) is 42.2 Å². The minimum atomic E-state index is 0.0717. The third kappa shape index (κ3) is 8.23. The van der Waals surface area contributed by atoms with Gasteiger partial charge < -0.3 is 9.47 Å². The van der Waals surface area contributed by atoms with Crippen molar-refractivity contribution in [2.45, 2.75) is 12.8 Å². The van der Waals surface area contributed by atoms with E-state index in [1.165, 1.54) is 0 Å². The highest BCUT2D eigenvalue weighted by molar-refractivity contribution is 9.09. The third-order valence-corrected chi connectivity index (χ3v) is 2.40. The summed E-state index contributed by atoms with van der Waals surface area (Å²) in [5.41, 5.74) is 0. The molecule has 0 radical (unpaired) electrons. The molecule has 0 aromatic rings. The second-order valence-corrected chi connectivity index (χ2v) is 3.38. The summed E-state index contributed by atoms with van der Waals surface area (Å²) in [6, 6.07) is 2.20. The lowest BCUT2D eigenvalue weighted by Crippen LogP contribution is -2.06. The second kappa shape index (κ2) is 9.97. The SMILES string of the molecule is COCCCOCCC(C#N)CBr. The zero-order chi connectivity index (χ0) is 9.94. The van der Waals surface area contributed by atoms with E-state index in [4.69, 9.17) is 14.7 Å². The van der Waals surface area contributed by atoms with Gasteiger partial charge in [0.2, 0.25) is 0 Å². The fourth-order valence-corrected chi connectivity index (χ4v) is 1.28. The average Bonchev–Trinajstić information content (AvgIpc) is 2.17. The highest BCUT2D eigenvalue weighted by Crippen LogP contribution is 2.05. The lowest BCUT2D eigenvalue weighted by atomic mass is 10.1. The van der Waals surface area contributed by atoms with Crippen LogP contribution >= 0.6 is 15.9 Å². The quantitative estimate of drug-likeness (QED) is 0.488. The van der Waals surface area contributed by atoms with Gasteiger partial charge in [0.25, 0.3) is 0 Å². The Morgan fingerprint density at radius 2 is 2.15 bits per heavy atom. The molecule has 0 aliphatic rings. The number of rotatable bonds is 8. The molecule has 0 spiro atoms. The maximum Gasteiger partial charge on any atom is 0.0665 e. The van der Waals surface area contributed by atoms with Gasteiger partial charge in [-0.3, -0.25) is 0 Å². The van der Waals surface area contributed by atoms with Crippen LogP contribution in [-0.2, 0) is 9.47 Å². The number of alkyl halides is 1. The van der Waals surface area contributed by atoms with Gasteiger partial charge >= 0.3 is 0 Å². The minimum Gasteiger partial charge on any atom is -0.385 e. The molecular formula is C9H16BrNO2. The van der Waals surface area contributed by atoms with Crippen LogP contribution in [0.15, 0.2) is 0 Å². The van der Waals surface area contributed by atoms with Crippen LogP contribution in [0.4, 0.5) is 0 Å². The Bertz CT molecular complexity index is 147. The number of halogens is 1. The summed E-state index contributed by atoms with van der Waals surface area (Å²) in [5.74, 6) is 0.0717. The molecule has 0 aromatic heterocycles. The molecular weight excluding hydrogens is 234 g/mol. The van der Waals surface area contributed by atoms with Gasteiger partial charge in [-0.15, -0.1) is 0 Å². The van der Waals surface area contributed by atoms with Crippen molar-refractivity contribution in [1.82, 2.24) is 0 Å². The van der Waals surface area contributed by atoms with Crippen molar-refractivity contribution in [2.24, 2.45) is 5.92 Å². The standard InChI is InChI=1S/C9H16BrNO2/c1-12-4-2-5-13-6-3-9(7-10)8-11/h9H,2-7H2,1H3. The summed E-state index contributed by atoms with van der Waals surface area (Å²) in [6.07, 6.45) is 1.72. The number of hydrogen-bond acceptors (Lipinski definition) is 3. The number of methoxy groups -OCH3 is 1. The summed E-state index contributed by atoms with van der Waals surface area (Å²) >= 11 is 3.27. The Morgan fingerprint density at radius 3 is 2.69 bits per heavy atom. The molecule has 0 aliphatic carbocycles. The van der Waals surface area contributed by atoms with Gasteiger partial charge in [-0.25, -0.2) is 0 Å². The molecule has 0 aliphatic heterocycles. The molecule has 0 bridgehead atoms. The van der Waals surface area contributed by atoms with Crippen LogP contribution in [0.1, 0.15) is 12.8 Å². The molecule has 3 nitrogen and oxygen atoms in total. The van der Waals surface area contributed by atoms with E-state index in [9.17, 15) is 0 Å². The van der Waals surface area contributed by atoms with Crippen LogP contribution in [0, 0.1) is 17.2 Å². The fraction of sp³-hybridized carbons (Fsp3) is 0.889. The van der Waals surface area contributed by atoms with Crippen LogP contribution in [0.3, 0.4) is 0 Å². The van der Waals surface area contributed by atoms with E-state index in [2.05, 4.69) is 22.0 Å². The molecule has 0 aromatic carbocycles. The van der Waals surface area contributed by atoms with Crippen molar-refractivity contribution in [3.8, 4) is 6.07 Å². The Balaban J connectivity index is 3.11. The van der Waals surface area contributed by atoms with Crippen LogP contribution in [0.25, 0.3) is 0 Å². The van der Waals surface area contributed by atoms with Crippen LogP contribution < -0.4 is 0 Å². The molecule has 0 heterocycles. The number of hydrogen-bond donors (Lipinski definition) is 0. The molecule has 1 atom stereocenters. The van der Waals surface area contributed by atoms with Crippen molar-refractivity contribution >= 4 is 15.9 Å². The Kier molecular flexibility index (Phi) is 9.89. The highest BCUT2D eigenvalue weighted by atomic mass is 79.9. The molecule has 1 unspecified atom stereocenters. The van der Waals surface area contributed by atoms with Gasteiger partial charge in [-0.2, -0.15) is 5.26 Å². The van der Waals surface area contributed by atoms with E-state index in [1.807, 2.05) is 0 Å². The molecule has 0 saturated heterocycles. The molecule has 4 heteroatoms. The predicted octanol–water partition coefficient (Wildman–Crippen LogP) is 1.96. The molecule has 0 fully saturated rings. The van der Waals surface area contributed by atoms with Gasteiger partial charge in [-0.05, 0) is 12.8 Å². The first kappa shape index (κ1) is 12.9. The Labute approximate surface area is 88.1 Å². The fourth-order valence-electron chi connectivity index (χ4n) is 0.809. The number of ether oxygens (including phenoxy) is 2. The predicted molar refractivity (Wildman–Crippen MR) is 54.8 cm³/mol. The average molecular weight is 250 g/mol. The first-order valence-corrected chi connectivity index (χ1v) is 5.49. The van der Waals surface area contributed by atoms with Crippen molar-refractivity contribution in [2.75, 3.05) is 32.3 Å². The van der Waals surface area contributed by atoms with Crippen molar-refractivity contribution < 1.29 is 9.47 Å². The largest absolute Gasteiger partial charge is 0.385 e. The van der Waals surface area contributed by atoms with E-state index >= 15 is 0 Å². The lowest BCUT2D eigenvalue weighted by molar-refractivity contribution is 0.0981. The van der Waals surface area contributed by atoms with Crippen LogP contribution in [0.2, 0.25) is 0 Å². The van der Waals surface area contributed by atoms with E-state index in [-0.39, 0.29) is 5.92 Å². The Morgan fingerprint density at radius 1 is 1.38 bits per heavy atom. The van der Waals surface area contributed by atoms with Crippen molar-refractivity contribution in [1.29, 1.82) is 5.26 Å². The summed E-state index contributed by atoms with van der Waals surface area (Å²) in [7, 11) is 1.68. The van der Waals surface area contributed by atoms with Crippen LogP contribution in [-0.4, -0.2) is 32.3 Å². The smallest absolute Gasteiger partial charge is 0.0665 e. The van der Waals surface area contributed by atoms with E-state index < -0.39 is 0 Å². The molecule has 0 N–H and O–H groups in total. The summed E-state index contributed by atoms with van der Waals surface area (Å²) in [6.45, 7) is 2.11. The maximum absolute atomic E-state index is 8.61. The van der Waals surface area contributed by atoms with Gasteiger partial charge in [0.05, 0.1) is 12.0 Å². The molecule has 0 rings (SSSR count). The van der Waals surface area contributed by atoms with E-state index in [0.717, 1.165) is 24.8 Å². The molecule has 0 amide bonds. The van der Waals surface area contributed by atoms with Crippen molar-refractivity contribution in [3.05, 3.63) is 0 Å². The van der Waals surface area contributed by atoms with Crippen molar-refractivity contribution in [3.63, 3.8) is 0 Å². The van der Waals surface area contributed by atoms with Gasteiger partial charge in [0, 0.05) is 32.3 Å². The normalized spacial score (nSPS) is 12.4. The lowest BCUT2D eigenvalue weighted by Gasteiger charge is -2.05. The van der Waals surface area contributed by atoms with Crippen LogP contribution in [0.5, 0.6) is 0 Å². The third-order valence-electron chi connectivity index (χ3n) is 1.62.